The minimum atomic E-state index is -0.0516. The Balaban J connectivity index is 1.54. The quantitative estimate of drug-likeness (QED) is 0.633. The molecule has 23 heavy (non-hydrogen) atoms. The predicted octanol–water partition coefficient (Wildman–Crippen LogP) is 3.17. The Morgan fingerprint density at radius 2 is 1.61 bits per heavy atom. The van der Waals surface area contributed by atoms with Crippen LogP contribution >= 0.6 is 0 Å². The molecule has 1 saturated heterocycles. The average molecular weight is 316 g/mol. The summed E-state index contributed by atoms with van der Waals surface area (Å²) in [5, 5.41) is 0. The number of rotatable bonds is 3. The van der Waals surface area contributed by atoms with Gasteiger partial charge in [-0.1, -0.05) is 6.92 Å². The molecular weight excluding hydrogens is 288 g/mol. The molecule has 1 aliphatic heterocycles. The lowest BCUT2D eigenvalue weighted by molar-refractivity contribution is -0.140. The lowest BCUT2D eigenvalue weighted by Crippen LogP contribution is -2.44. The fraction of sp³-hybridized carbons (Fsp3) is 0.632. The molecule has 3 rings (SSSR count). The number of ether oxygens (including phenoxy) is 1. The highest BCUT2D eigenvalue weighted by molar-refractivity contribution is 5.75. The van der Waals surface area contributed by atoms with Gasteiger partial charge in [0.25, 0.3) is 0 Å². The summed E-state index contributed by atoms with van der Waals surface area (Å²) in [7, 11) is 2.16. The van der Waals surface area contributed by atoms with Gasteiger partial charge in [-0.05, 0) is 62.9 Å². The number of hydrogen-bond acceptors (Lipinski definition) is 4. The molecule has 0 atom stereocenters. The van der Waals surface area contributed by atoms with Gasteiger partial charge in [0, 0.05) is 31.9 Å². The maximum atomic E-state index is 12.3. The fourth-order valence-corrected chi connectivity index (χ4v) is 3.48. The zero-order chi connectivity index (χ0) is 16.2. The summed E-state index contributed by atoms with van der Waals surface area (Å²) in [5.41, 5.74) is 1.21. The van der Waals surface area contributed by atoms with E-state index in [0.29, 0.717) is 5.75 Å². The van der Waals surface area contributed by atoms with Crippen molar-refractivity contribution >= 4 is 11.7 Å². The Morgan fingerprint density at radius 1 is 1.00 bits per heavy atom. The SMILES string of the molecule is CC1CCC(C(=O)Oc2ccc(N3CCN(C)CC3)cc2)CC1. The van der Waals surface area contributed by atoms with Gasteiger partial charge in [0.05, 0.1) is 5.92 Å². The molecular formula is C19H28N2O2. The Hall–Kier alpha value is -1.55. The van der Waals surface area contributed by atoms with Crippen molar-refractivity contribution in [2.24, 2.45) is 11.8 Å². The summed E-state index contributed by atoms with van der Waals surface area (Å²) in [6.45, 7) is 6.55. The van der Waals surface area contributed by atoms with Crippen molar-refractivity contribution in [2.75, 3.05) is 38.1 Å². The molecule has 1 aromatic rings. The van der Waals surface area contributed by atoms with Gasteiger partial charge in [0.1, 0.15) is 5.75 Å². The lowest BCUT2D eigenvalue weighted by atomic mass is 9.83. The molecule has 1 aliphatic carbocycles. The lowest BCUT2D eigenvalue weighted by Gasteiger charge is -2.34. The van der Waals surface area contributed by atoms with Crippen molar-refractivity contribution in [3.8, 4) is 5.75 Å². The number of hydrogen-bond donors (Lipinski definition) is 0. The average Bonchev–Trinajstić information content (AvgIpc) is 2.57. The number of likely N-dealkylation sites (N-methyl/N-ethyl adjacent to an activating group) is 1. The van der Waals surface area contributed by atoms with Crippen molar-refractivity contribution in [1.82, 2.24) is 4.90 Å². The standard InChI is InChI=1S/C19H28N2O2/c1-15-3-5-16(6-4-15)19(22)23-18-9-7-17(8-10-18)21-13-11-20(2)12-14-21/h7-10,15-16H,3-6,11-14H2,1-2H3. The second-order valence-electron chi connectivity index (χ2n) is 7.16. The summed E-state index contributed by atoms with van der Waals surface area (Å²) in [5.74, 6) is 1.46. The summed E-state index contributed by atoms with van der Waals surface area (Å²) in [6.07, 6.45) is 4.23. The second kappa shape index (κ2) is 7.35. The van der Waals surface area contributed by atoms with Gasteiger partial charge < -0.3 is 14.5 Å². The predicted molar refractivity (Wildman–Crippen MR) is 92.9 cm³/mol. The van der Waals surface area contributed by atoms with E-state index < -0.39 is 0 Å². The van der Waals surface area contributed by atoms with Crippen LogP contribution < -0.4 is 9.64 Å². The van der Waals surface area contributed by atoms with Gasteiger partial charge >= 0.3 is 5.97 Å². The van der Waals surface area contributed by atoms with Gasteiger partial charge in [-0.25, -0.2) is 0 Å². The molecule has 4 nitrogen and oxygen atoms in total. The number of anilines is 1. The van der Waals surface area contributed by atoms with Crippen LogP contribution in [0.3, 0.4) is 0 Å². The van der Waals surface area contributed by atoms with Crippen molar-refractivity contribution in [3.05, 3.63) is 24.3 Å². The van der Waals surface area contributed by atoms with Gasteiger partial charge in [-0.15, -0.1) is 0 Å². The molecule has 2 aliphatic rings. The number of piperazine rings is 1. The Kier molecular flexibility index (Phi) is 5.21. The van der Waals surface area contributed by atoms with Crippen LogP contribution in [-0.4, -0.2) is 44.1 Å². The summed E-state index contributed by atoms with van der Waals surface area (Å²) >= 11 is 0. The molecule has 126 valence electrons. The van der Waals surface area contributed by atoms with Crippen LogP contribution in [0.15, 0.2) is 24.3 Å². The first-order valence-corrected chi connectivity index (χ1v) is 8.87. The molecule has 0 N–H and O–H groups in total. The molecule has 2 fully saturated rings. The van der Waals surface area contributed by atoms with E-state index in [2.05, 4.69) is 35.9 Å². The van der Waals surface area contributed by atoms with E-state index in [9.17, 15) is 4.79 Å². The topological polar surface area (TPSA) is 32.8 Å². The molecule has 4 heteroatoms. The molecule has 1 saturated carbocycles. The molecule has 1 heterocycles. The third kappa shape index (κ3) is 4.25. The van der Waals surface area contributed by atoms with Gasteiger partial charge in [0.15, 0.2) is 0 Å². The summed E-state index contributed by atoms with van der Waals surface area (Å²) in [4.78, 5) is 17.0. The summed E-state index contributed by atoms with van der Waals surface area (Å²) < 4.78 is 5.58. The number of carbonyl (C=O) groups is 1. The third-order valence-corrected chi connectivity index (χ3v) is 5.27. The highest BCUT2D eigenvalue weighted by Crippen LogP contribution is 2.30. The third-order valence-electron chi connectivity index (χ3n) is 5.27. The molecule has 1 aromatic carbocycles. The number of carbonyl (C=O) groups excluding carboxylic acids is 1. The molecule has 0 unspecified atom stereocenters. The highest BCUT2D eigenvalue weighted by Gasteiger charge is 2.26. The Labute approximate surface area is 139 Å². The molecule has 0 radical (unpaired) electrons. The Bertz CT molecular complexity index is 513. The molecule has 0 aromatic heterocycles. The minimum absolute atomic E-state index is 0.0516. The van der Waals surface area contributed by atoms with Gasteiger partial charge in [-0.3, -0.25) is 4.79 Å². The zero-order valence-electron chi connectivity index (χ0n) is 14.3. The molecule has 0 bridgehead atoms. The van der Waals surface area contributed by atoms with E-state index in [1.165, 1.54) is 5.69 Å². The zero-order valence-corrected chi connectivity index (χ0v) is 14.3. The normalized spacial score (nSPS) is 26.1. The van der Waals surface area contributed by atoms with Crippen LogP contribution in [0.4, 0.5) is 5.69 Å². The van der Waals surface area contributed by atoms with E-state index >= 15 is 0 Å². The summed E-state index contributed by atoms with van der Waals surface area (Å²) in [6, 6.07) is 7.99. The first kappa shape index (κ1) is 16.3. The van der Waals surface area contributed by atoms with E-state index in [4.69, 9.17) is 4.74 Å². The van der Waals surface area contributed by atoms with Crippen LogP contribution in [0.5, 0.6) is 5.75 Å². The van der Waals surface area contributed by atoms with Crippen LogP contribution in [0, 0.1) is 11.8 Å². The monoisotopic (exact) mass is 316 g/mol. The number of nitrogens with zero attached hydrogens (tertiary/aromatic N) is 2. The van der Waals surface area contributed by atoms with Crippen molar-refractivity contribution < 1.29 is 9.53 Å². The molecule has 0 amide bonds. The van der Waals surface area contributed by atoms with E-state index in [1.54, 1.807) is 0 Å². The van der Waals surface area contributed by atoms with Crippen LogP contribution in [0.1, 0.15) is 32.6 Å². The fourth-order valence-electron chi connectivity index (χ4n) is 3.48. The maximum absolute atomic E-state index is 12.3. The van der Waals surface area contributed by atoms with Crippen molar-refractivity contribution in [1.29, 1.82) is 0 Å². The van der Waals surface area contributed by atoms with Crippen LogP contribution in [0.25, 0.3) is 0 Å². The van der Waals surface area contributed by atoms with Crippen molar-refractivity contribution in [2.45, 2.75) is 32.6 Å². The minimum Gasteiger partial charge on any atom is -0.426 e. The van der Waals surface area contributed by atoms with Crippen LogP contribution in [-0.2, 0) is 4.79 Å². The molecule has 0 spiro atoms. The largest absolute Gasteiger partial charge is 0.426 e. The van der Waals surface area contributed by atoms with E-state index in [-0.39, 0.29) is 11.9 Å². The first-order valence-electron chi connectivity index (χ1n) is 8.87. The number of esters is 1. The van der Waals surface area contributed by atoms with E-state index in [1.807, 2.05) is 12.1 Å². The van der Waals surface area contributed by atoms with Crippen molar-refractivity contribution in [3.63, 3.8) is 0 Å². The maximum Gasteiger partial charge on any atom is 0.314 e. The van der Waals surface area contributed by atoms with E-state index in [0.717, 1.165) is 57.8 Å². The smallest absolute Gasteiger partial charge is 0.314 e. The van der Waals surface area contributed by atoms with Gasteiger partial charge in [0.2, 0.25) is 0 Å². The van der Waals surface area contributed by atoms with Crippen LogP contribution in [0.2, 0.25) is 0 Å². The Morgan fingerprint density at radius 3 is 2.22 bits per heavy atom. The highest BCUT2D eigenvalue weighted by atomic mass is 16.5. The second-order valence-corrected chi connectivity index (χ2v) is 7.16. The number of benzene rings is 1. The van der Waals surface area contributed by atoms with Gasteiger partial charge in [-0.2, -0.15) is 0 Å². The first-order chi connectivity index (χ1) is 11.1.